The van der Waals surface area contributed by atoms with Crippen LogP contribution in [0.2, 0.25) is 5.02 Å². The van der Waals surface area contributed by atoms with Crippen LogP contribution >= 0.6 is 23.4 Å². The van der Waals surface area contributed by atoms with Crippen molar-refractivity contribution in [2.75, 3.05) is 12.9 Å². The van der Waals surface area contributed by atoms with E-state index in [0.29, 0.717) is 10.8 Å². The van der Waals surface area contributed by atoms with Gasteiger partial charge in [-0.05, 0) is 35.9 Å². The lowest BCUT2D eigenvalue weighted by molar-refractivity contribution is 0.204. The molecule has 0 aliphatic carbocycles. The number of aromatic amines is 1. The minimum Gasteiger partial charge on any atom is -0.497 e. The van der Waals surface area contributed by atoms with Crippen molar-refractivity contribution in [3.05, 3.63) is 53.1 Å². The van der Waals surface area contributed by atoms with Gasteiger partial charge in [-0.2, -0.15) is 0 Å². The van der Waals surface area contributed by atoms with Gasteiger partial charge in [0.15, 0.2) is 5.16 Å². The van der Waals surface area contributed by atoms with E-state index in [2.05, 4.69) is 9.97 Å². The van der Waals surface area contributed by atoms with E-state index in [-0.39, 0.29) is 0 Å². The number of ether oxygens (including phenoxy) is 1. The maximum absolute atomic E-state index is 10.2. The van der Waals surface area contributed by atoms with Gasteiger partial charge in [-0.1, -0.05) is 35.5 Å². The largest absolute Gasteiger partial charge is 0.497 e. The number of nitrogens with one attached hydrogen (secondary N) is 1. The molecule has 6 heteroatoms. The molecule has 1 aromatic heterocycles. The summed E-state index contributed by atoms with van der Waals surface area (Å²) in [5.74, 6) is 1.29. The zero-order chi connectivity index (χ0) is 15.5. The molecule has 3 aromatic rings. The molecular weight excluding hydrogens is 320 g/mol. The second kappa shape index (κ2) is 6.60. The van der Waals surface area contributed by atoms with Crippen LogP contribution in [0.15, 0.2) is 47.6 Å². The second-order valence-corrected chi connectivity index (χ2v) is 6.25. The quantitative estimate of drug-likeness (QED) is 0.691. The second-order valence-electron chi connectivity index (χ2n) is 4.80. The number of aliphatic hydroxyl groups is 1. The van der Waals surface area contributed by atoms with Gasteiger partial charge in [0.1, 0.15) is 5.75 Å². The van der Waals surface area contributed by atoms with Gasteiger partial charge in [-0.15, -0.1) is 0 Å². The number of fused-ring (bicyclic) bond motifs is 1. The number of rotatable bonds is 5. The fourth-order valence-electron chi connectivity index (χ4n) is 2.11. The topological polar surface area (TPSA) is 58.1 Å². The lowest BCUT2D eigenvalue weighted by Gasteiger charge is -2.10. The maximum atomic E-state index is 10.2. The van der Waals surface area contributed by atoms with Crippen LogP contribution in [-0.4, -0.2) is 27.9 Å². The van der Waals surface area contributed by atoms with E-state index in [1.54, 1.807) is 7.11 Å². The number of hydrogen-bond acceptors (Lipinski definition) is 4. The van der Waals surface area contributed by atoms with Gasteiger partial charge in [0.05, 0.1) is 24.2 Å². The number of halogens is 1. The summed E-state index contributed by atoms with van der Waals surface area (Å²) >= 11 is 7.43. The highest BCUT2D eigenvalue weighted by molar-refractivity contribution is 7.99. The number of aromatic nitrogens is 2. The number of benzene rings is 2. The summed E-state index contributed by atoms with van der Waals surface area (Å²) < 4.78 is 5.11. The third kappa shape index (κ3) is 3.38. The van der Waals surface area contributed by atoms with Gasteiger partial charge >= 0.3 is 0 Å². The first-order valence-corrected chi connectivity index (χ1v) is 8.12. The van der Waals surface area contributed by atoms with Crippen LogP contribution < -0.4 is 4.74 Å². The van der Waals surface area contributed by atoms with Crippen LogP contribution in [0, 0.1) is 0 Å². The average molecular weight is 335 g/mol. The summed E-state index contributed by atoms with van der Waals surface area (Å²) in [6.07, 6.45) is -0.562. The fourth-order valence-corrected chi connectivity index (χ4v) is 3.13. The summed E-state index contributed by atoms with van der Waals surface area (Å²) in [6.45, 7) is 0. The summed E-state index contributed by atoms with van der Waals surface area (Å²) in [4.78, 5) is 7.66. The molecule has 0 aliphatic rings. The van der Waals surface area contributed by atoms with E-state index >= 15 is 0 Å². The Bertz CT molecular complexity index is 773. The van der Waals surface area contributed by atoms with Crippen LogP contribution in [0.5, 0.6) is 5.75 Å². The predicted molar refractivity (Wildman–Crippen MR) is 89.8 cm³/mol. The maximum Gasteiger partial charge on any atom is 0.166 e. The first kappa shape index (κ1) is 15.2. The van der Waals surface area contributed by atoms with Gasteiger partial charge in [0, 0.05) is 10.8 Å². The number of imidazole rings is 1. The van der Waals surface area contributed by atoms with Crippen LogP contribution in [0.3, 0.4) is 0 Å². The number of thioether (sulfide) groups is 1. The number of methoxy groups -OCH3 is 1. The zero-order valence-corrected chi connectivity index (χ0v) is 13.5. The summed E-state index contributed by atoms with van der Waals surface area (Å²) in [7, 11) is 1.62. The Morgan fingerprint density at radius 3 is 2.77 bits per heavy atom. The van der Waals surface area contributed by atoms with Crippen molar-refractivity contribution in [2.45, 2.75) is 11.3 Å². The fraction of sp³-hybridized carbons (Fsp3) is 0.188. The minimum absolute atomic E-state index is 0.514. The highest BCUT2D eigenvalue weighted by Gasteiger charge is 2.11. The Balaban J connectivity index is 1.67. The molecule has 0 unspecified atom stereocenters. The third-order valence-corrected chi connectivity index (χ3v) is 4.48. The number of hydrogen-bond donors (Lipinski definition) is 2. The van der Waals surface area contributed by atoms with E-state index in [1.807, 2.05) is 42.5 Å². The SMILES string of the molecule is COc1ccc([C@H](O)CSc2nc3ccc(Cl)cc3[nH]2)cc1. The summed E-state index contributed by atoms with van der Waals surface area (Å²) in [5.41, 5.74) is 2.62. The van der Waals surface area contributed by atoms with E-state index in [4.69, 9.17) is 16.3 Å². The lowest BCUT2D eigenvalue weighted by Crippen LogP contribution is -2.00. The third-order valence-electron chi connectivity index (χ3n) is 3.30. The van der Waals surface area contributed by atoms with Gasteiger partial charge < -0.3 is 14.8 Å². The highest BCUT2D eigenvalue weighted by atomic mass is 35.5. The highest BCUT2D eigenvalue weighted by Crippen LogP contribution is 2.26. The van der Waals surface area contributed by atoms with Gasteiger partial charge in [-0.3, -0.25) is 0 Å². The van der Waals surface area contributed by atoms with Crippen molar-refractivity contribution in [2.24, 2.45) is 0 Å². The number of aliphatic hydroxyl groups excluding tert-OH is 1. The normalized spacial score (nSPS) is 12.5. The molecule has 1 heterocycles. The van der Waals surface area contributed by atoms with Crippen molar-refractivity contribution in [1.29, 1.82) is 0 Å². The lowest BCUT2D eigenvalue weighted by atomic mass is 10.1. The van der Waals surface area contributed by atoms with Crippen molar-refractivity contribution in [3.8, 4) is 5.75 Å². The standard InChI is InChI=1S/C16H15ClN2O2S/c1-21-12-5-2-10(3-6-12)15(20)9-22-16-18-13-7-4-11(17)8-14(13)19-16/h2-8,15,20H,9H2,1H3,(H,18,19)/t15-/m1/s1. The molecule has 0 saturated heterocycles. The Labute approximate surface area is 137 Å². The first-order chi connectivity index (χ1) is 10.7. The smallest absolute Gasteiger partial charge is 0.166 e. The van der Waals surface area contributed by atoms with Crippen molar-refractivity contribution < 1.29 is 9.84 Å². The summed E-state index contributed by atoms with van der Waals surface area (Å²) in [6, 6.07) is 12.9. The molecule has 0 bridgehead atoms. The van der Waals surface area contributed by atoms with E-state index < -0.39 is 6.10 Å². The molecule has 0 saturated carbocycles. The molecule has 0 fully saturated rings. The monoisotopic (exact) mass is 334 g/mol. The van der Waals surface area contributed by atoms with Gasteiger partial charge in [0.25, 0.3) is 0 Å². The molecular formula is C16H15ClN2O2S. The molecule has 22 heavy (non-hydrogen) atoms. The van der Waals surface area contributed by atoms with Gasteiger partial charge in [0.2, 0.25) is 0 Å². The average Bonchev–Trinajstić information content (AvgIpc) is 2.94. The van der Waals surface area contributed by atoms with Crippen molar-refractivity contribution in [1.82, 2.24) is 9.97 Å². The molecule has 2 aromatic carbocycles. The van der Waals surface area contributed by atoms with Crippen LogP contribution in [0.1, 0.15) is 11.7 Å². The predicted octanol–water partition coefficient (Wildman–Crippen LogP) is 4.05. The molecule has 0 amide bonds. The number of nitrogens with zero attached hydrogens (tertiary/aromatic N) is 1. The molecule has 0 radical (unpaired) electrons. The number of H-pyrrole nitrogens is 1. The van der Waals surface area contributed by atoms with Crippen molar-refractivity contribution >= 4 is 34.4 Å². The van der Waals surface area contributed by atoms with Gasteiger partial charge in [-0.25, -0.2) is 4.98 Å². The summed E-state index contributed by atoms with van der Waals surface area (Å²) in [5, 5.41) is 11.7. The Kier molecular flexibility index (Phi) is 4.57. The van der Waals surface area contributed by atoms with Crippen LogP contribution in [0.4, 0.5) is 0 Å². The molecule has 114 valence electrons. The van der Waals surface area contributed by atoms with Crippen LogP contribution in [-0.2, 0) is 0 Å². The first-order valence-electron chi connectivity index (χ1n) is 6.76. The Morgan fingerprint density at radius 2 is 2.05 bits per heavy atom. The molecule has 4 nitrogen and oxygen atoms in total. The van der Waals surface area contributed by atoms with Crippen molar-refractivity contribution in [3.63, 3.8) is 0 Å². The molecule has 2 N–H and O–H groups in total. The van der Waals surface area contributed by atoms with E-state index in [1.165, 1.54) is 11.8 Å². The van der Waals surface area contributed by atoms with E-state index in [0.717, 1.165) is 27.5 Å². The van der Waals surface area contributed by atoms with E-state index in [9.17, 15) is 5.11 Å². The Morgan fingerprint density at radius 1 is 1.27 bits per heavy atom. The minimum atomic E-state index is -0.562. The Hall–Kier alpha value is -1.69. The van der Waals surface area contributed by atoms with Crippen LogP contribution in [0.25, 0.3) is 11.0 Å². The molecule has 3 rings (SSSR count). The molecule has 0 aliphatic heterocycles. The molecule has 0 spiro atoms. The zero-order valence-electron chi connectivity index (χ0n) is 11.9. The molecule has 1 atom stereocenters.